The van der Waals surface area contributed by atoms with Crippen LogP contribution in [0.5, 0.6) is 11.5 Å². The number of allylic oxidation sites excluding steroid dienone is 1. The highest BCUT2D eigenvalue weighted by Gasteiger charge is 2.39. The van der Waals surface area contributed by atoms with Gasteiger partial charge in [0.25, 0.3) is 0 Å². The molecule has 134 valence electrons. The van der Waals surface area contributed by atoms with E-state index in [1.165, 1.54) is 18.4 Å². The van der Waals surface area contributed by atoms with Crippen molar-refractivity contribution in [3.63, 3.8) is 0 Å². The minimum Gasteiger partial charge on any atom is -0.508 e. The summed E-state index contributed by atoms with van der Waals surface area (Å²) in [5, 5.41) is 10.5. The molecular weight excluding hydrogens is 364 g/mol. The molecule has 1 N–H and O–H groups in total. The van der Waals surface area contributed by atoms with Gasteiger partial charge in [-0.2, -0.15) is 0 Å². The number of alkyl halides is 1. The molecular formula is C21H31BrO2. The van der Waals surface area contributed by atoms with Crippen LogP contribution in [-0.2, 0) is 12.8 Å². The lowest BCUT2D eigenvalue weighted by Gasteiger charge is -2.41. The van der Waals surface area contributed by atoms with Crippen molar-refractivity contribution in [2.75, 3.05) is 0 Å². The molecule has 2 unspecified atom stereocenters. The summed E-state index contributed by atoms with van der Waals surface area (Å²) in [7, 11) is 0. The summed E-state index contributed by atoms with van der Waals surface area (Å²) < 4.78 is 6.33. The van der Waals surface area contributed by atoms with Crippen molar-refractivity contribution in [3.05, 3.63) is 35.4 Å². The Morgan fingerprint density at radius 2 is 2.12 bits per heavy atom. The minimum absolute atomic E-state index is 0.247. The maximum Gasteiger partial charge on any atom is 0.127 e. The van der Waals surface area contributed by atoms with Gasteiger partial charge < -0.3 is 9.84 Å². The van der Waals surface area contributed by atoms with E-state index in [4.69, 9.17) is 4.74 Å². The molecule has 2 atom stereocenters. The van der Waals surface area contributed by atoms with Crippen LogP contribution in [0.15, 0.2) is 24.3 Å². The van der Waals surface area contributed by atoms with Crippen molar-refractivity contribution in [1.82, 2.24) is 0 Å². The molecule has 1 aliphatic rings. The molecule has 0 amide bonds. The van der Waals surface area contributed by atoms with Crippen molar-refractivity contribution in [1.29, 1.82) is 0 Å². The summed E-state index contributed by atoms with van der Waals surface area (Å²) in [6.45, 7) is 12.6. The molecule has 24 heavy (non-hydrogen) atoms. The molecule has 2 rings (SSSR count). The lowest BCUT2D eigenvalue weighted by molar-refractivity contribution is 0.0229. The van der Waals surface area contributed by atoms with Crippen molar-refractivity contribution in [3.8, 4) is 11.5 Å². The van der Waals surface area contributed by atoms with Gasteiger partial charge in [-0.25, -0.2) is 0 Å². The summed E-state index contributed by atoms with van der Waals surface area (Å²) in [5.74, 6) is 1.59. The van der Waals surface area contributed by atoms with Gasteiger partial charge >= 0.3 is 0 Å². The van der Waals surface area contributed by atoms with Gasteiger partial charge in [0, 0.05) is 16.3 Å². The summed E-state index contributed by atoms with van der Waals surface area (Å²) in [4.78, 5) is 0.280. The van der Waals surface area contributed by atoms with E-state index >= 15 is 0 Å². The molecule has 0 bridgehead atoms. The van der Waals surface area contributed by atoms with E-state index in [-0.39, 0.29) is 10.4 Å². The van der Waals surface area contributed by atoms with Gasteiger partial charge in [0.2, 0.25) is 0 Å². The quantitative estimate of drug-likeness (QED) is 0.339. The lowest BCUT2D eigenvalue weighted by atomic mass is 9.78. The number of unbranched alkanes of at least 4 members (excludes halogenated alkanes) is 2. The van der Waals surface area contributed by atoms with Crippen molar-refractivity contribution < 1.29 is 9.84 Å². The van der Waals surface area contributed by atoms with E-state index in [0.29, 0.717) is 11.7 Å². The number of hydrogen-bond donors (Lipinski definition) is 1. The van der Waals surface area contributed by atoms with E-state index in [9.17, 15) is 5.11 Å². The Bertz CT molecular complexity index is 592. The molecule has 1 heterocycles. The second-order valence-corrected chi connectivity index (χ2v) is 8.81. The molecule has 1 aromatic rings. The molecule has 0 aliphatic carbocycles. The molecule has 0 saturated heterocycles. The standard InChI is InChI=1S/C21H31BrO2/c1-6-7-8-9-15-10-19(23)17-12-16(13-18(22)14(2)3)21(4,5)24-20(17)11-15/h10-11,16,18,23H,2,6-9,12-13H2,1,3-5H3. The van der Waals surface area contributed by atoms with E-state index in [1.54, 1.807) is 0 Å². The van der Waals surface area contributed by atoms with E-state index in [1.807, 2.05) is 13.0 Å². The molecule has 0 fully saturated rings. The molecule has 3 heteroatoms. The first kappa shape index (κ1) is 19.4. The van der Waals surface area contributed by atoms with Crippen LogP contribution in [-0.4, -0.2) is 15.5 Å². The topological polar surface area (TPSA) is 29.5 Å². The monoisotopic (exact) mass is 394 g/mol. The van der Waals surface area contributed by atoms with Gasteiger partial charge in [-0.15, -0.1) is 0 Å². The molecule has 0 aromatic heterocycles. The average Bonchev–Trinajstić information content (AvgIpc) is 2.48. The van der Waals surface area contributed by atoms with E-state index < -0.39 is 0 Å². The predicted molar refractivity (Wildman–Crippen MR) is 105 cm³/mol. The number of benzene rings is 1. The highest BCUT2D eigenvalue weighted by atomic mass is 79.9. The molecule has 2 nitrogen and oxygen atoms in total. The number of aromatic hydroxyl groups is 1. The highest BCUT2D eigenvalue weighted by Crippen LogP contribution is 2.44. The van der Waals surface area contributed by atoms with Crippen LogP contribution >= 0.6 is 15.9 Å². The zero-order valence-electron chi connectivity index (χ0n) is 15.5. The van der Waals surface area contributed by atoms with Gasteiger partial charge in [0.15, 0.2) is 0 Å². The number of halogens is 1. The Morgan fingerprint density at radius 3 is 2.75 bits per heavy atom. The fourth-order valence-electron chi connectivity index (χ4n) is 3.38. The first-order chi connectivity index (χ1) is 11.2. The predicted octanol–water partition coefficient (Wildman–Crippen LogP) is 6.18. The number of hydrogen-bond acceptors (Lipinski definition) is 2. The third-order valence-corrected chi connectivity index (χ3v) is 6.30. The first-order valence-corrected chi connectivity index (χ1v) is 9.99. The second-order valence-electron chi connectivity index (χ2n) is 7.70. The average molecular weight is 395 g/mol. The van der Waals surface area contributed by atoms with Gasteiger partial charge in [-0.05, 0) is 64.2 Å². The number of phenolic OH excluding ortho intramolecular Hbond substituents is 1. The summed E-state index contributed by atoms with van der Waals surface area (Å²) in [5.41, 5.74) is 3.02. The van der Waals surface area contributed by atoms with Gasteiger partial charge in [0.1, 0.15) is 17.1 Å². The number of fused-ring (bicyclic) bond motifs is 1. The number of phenols is 1. The van der Waals surface area contributed by atoms with Gasteiger partial charge in [0.05, 0.1) is 0 Å². The van der Waals surface area contributed by atoms with Crippen molar-refractivity contribution in [2.24, 2.45) is 5.92 Å². The fourth-order valence-corrected chi connectivity index (χ4v) is 3.83. The van der Waals surface area contributed by atoms with Crippen LogP contribution in [0.3, 0.4) is 0 Å². The van der Waals surface area contributed by atoms with Crippen LogP contribution in [0.25, 0.3) is 0 Å². The zero-order chi connectivity index (χ0) is 17.9. The van der Waals surface area contributed by atoms with Crippen LogP contribution in [0.1, 0.15) is 64.5 Å². The number of ether oxygens (including phenoxy) is 1. The highest BCUT2D eigenvalue weighted by molar-refractivity contribution is 9.09. The summed E-state index contributed by atoms with van der Waals surface area (Å²) in [6, 6.07) is 4.06. The molecule has 0 radical (unpaired) electrons. The Morgan fingerprint density at radius 1 is 1.42 bits per heavy atom. The molecule has 1 aromatic carbocycles. The smallest absolute Gasteiger partial charge is 0.127 e. The van der Waals surface area contributed by atoms with Crippen molar-refractivity contribution >= 4 is 15.9 Å². The van der Waals surface area contributed by atoms with Crippen molar-refractivity contribution in [2.45, 2.75) is 76.6 Å². The SMILES string of the molecule is C=C(C)C(Br)CC1Cc2c(O)cc(CCCCC)cc2OC1(C)C. The number of aryl methyl sites for hydroxylation is 1. The zero-order valence-corrected chi connectivity index (χ0v) is 17.1. The van der Waals surface area contributed by atoms with Crippen LogP contribution in [0.2, 0.25) is 0 Å². The first-order valence-electron chi connectivity index (χ1n) is 9.07. The number of rotatable bonds is 7. The fraction of sp³-hybridized carbons (Fsp3) is 0.619. The Kier molecular flexibility index (Phi) is 6.41. The third kappa shape index (κ3) is 4.56. The maximum absolute atomic E-state index is 10.5. The van der Waals surface area contributed by atoms with Crippen LogP contribution in [0.4, 0.5) is 0 Å². The largest absolute Gasteiger partial charge is 0.508 e. The Hall–Kier alpha value is -0.960. The van der Waals surface area contributed by atoms with Crippen LogP contribution in [0, 0.1) is 5.92 Å². The third-order valence-electron chi connectivity index (χ3n) is 5.15. The maximum atomic E-state index is 10.5. The van der Waals surface area contributed by atoms with E-state index in [2.05, 4.69) is 49.3 Å². The summed E-state index contributed by atoms with van der Waals surface area (Å²) in [6.07, 6.45) is 6.39. The molecule has 0 saturated carbocycles. The minimum atomic E-state index is -0.247. The molecule has 1 aliphatic heterocycles. The summed E-state index contributed by atoms with van der Waals surface area (Å²) >= 11 is 3.72. The van der Waals surface area contributed by atoms with Gasteiger partial charge in [-0.3, -0.25) is 0 Å². The Labute approximate surface area is 155 Å². The lowest BCUT2D eigenvalue weighted by Crippen LogP contribution is -2.43. The molecule has 0 spiro atoms. The van der Waals surface area contributed by atoms with Gasteiger partial charge in [-0.1, -0.05) is 47.8 Å². The van der Waals surface area contributed by atoms with E-state index in [0.717, 1.165) is 42.6 Å². The second kappa shape index (κ2) is 7.95. The normalized spacial score (nSPS) is 20.1. The van der Waals surface area contributed by atoms with Crippen LogP contribution < -0.4 is 4.74 Å². The Balaban J connectivity index is 2.21.